The summed E-state index contributed by atoms with van der Waals surface area (Å²) >= 11 is 0. The highest BCUT2D eigenvalue weighted by Gasteiger charge is 2.58. The van der Waals surface area contributed by atoms with E-state index in [0.29, 0.717) is 17.8 Å². The number of fused-ring (bicyclic) bond motifs is 5. The minimum atomic E-state index is -0.373. The lowest BCUT2D eigenvalue weighted by molar-refractivity contribution is -0.0776. The SMILES string of the molecule is C[C@]12CC[C@H](O)CC1=C[C@H](O)[C@@H]1[C@@H]2CC[C@]2(C)C(N)=CC[C@@H]12. The Hall–Kier alpha value is -0.800. The van der Waals surface area contributed by atoms with E-state index in [9.17, 15) is 10.2 Å². The predicted molar refractivity (Wildman–Crippen MR) is 86.8 cm³/mol. The first kappa shape index (κ1) is 14.8. The van der Waals surface area contributed by atoms with E-state index in [-0.39, 0.29) is 23.0 Å². The lowest BCUT2D eigenvalue weighted by Crippen LogP contribution is -2.54. The van der Waals surface area contributed by atoms with Gasteiger partial charge in [-0.15, -0.1) is 0 Å². The van der Waals surface area contributed by atoms with Crippen LogP contribution < -0.4 is 5.73 Å². The van der Waals surface area contributed by atoms with Crippen molar-refractivity contribution in [1.82, 2.24) is 0 Å². The van der Waals surface area contributed by atoms with E-state index < -0.39 is 0 Å². The summed E-state index contributed by atoms with van der Waals surface area (Å²) in [5, 5.41) is 20.9. The molecule has 0 spiro atoms. The molecule has 3 nitrogen and oxygen atoms in total. The molecule has 0 heterocycles. The second-order valence-corrected chi connectivity index (χ2v) is 8.64. The van der Waals surface area contributed by atoms with Crippen molar-refractivity contribution in [3.8, 4) is 0 Å². The Balaban J connectivity index is 1.74. The van der Waals surface area contributed by atoms with Gasteiger partial charge in [0.05, 0.1) is 12.2 Å². The molecule has 7 atom stereocenters. The van der Waals surface area contributed by atoms with Crippen molar-refractivity contribution in [3.05, 3.63) is 23.4 Å². The Morgan fingerprint density at radius 2 is 1.82 bits per heavy atom. The maximum absolute atomic E-state index is 10.9. The standard InChI is InChI=1S/C19H29NO2/c1-18-7-5-12(21)9-11(18)10-15(22)17-13-3-4-16(20)19(13,2)8-6-14(17)18/h4,10,12-15,17,21-22H,3,5-9,20H2,1-2H3/t12-,13-,14-,15-,17-,18-,19-/m0/s1. The summed E-state index contributed by atoms with van der Waals surface area (Å²) in [4.78, 5) is 0. The Morgan fingerprint density at radius 1 is 1.09 bits per heavy atom. The number of aliphatic hydroxyl groups excluding tert-OH is 2. The zero-order chi connectivity index (χ0) is 15.7. The molecule has 0 bridgehead atoms. The van der Waals surface area contributed by atoms with E-state index in [4.69, 9.17) is 5.73 Å². The van der Waals surface area contributed by atoms with Crippen LogP contribution >= 0.6 is 0 Å². The molecule has 4 rings (SSSR count). The van der Waals surface area contributed by atoms with Crippen LogP contribution in [0, 0.1) is 28.6 Å². The van der Waals surface area contributed by atoms with Crippen molar-refractivity contribution in [2.24, 2.45) is 34.3 Å². The molecule has 4 aliphatic carbocycles. The van der Waals surface area contributed by atoms with Gasteiger partial charge in [0.1, 0.15) is 0 Å². The summed E-state index contributed by atoms with van der Waals surface area (Å²) in [5.41, 5.74) is 8.91. The lowest BCUT2D eigenvalue weighted by atomic mass is 9.47. The van der Waals surface area contributed by atoms with Crippen molar-refractivity contribution in [2.45, 2.75) is 64.6 Å². The monoisotopic (exact) mass is 303 g/mol. The van der Waals surface area contributed by atoms with Gasteiger partial charge in [-0.2, -0.15) is 0 Å². The van der Waals surface area contributed by atoms with Crippen LogP contribution in [0.1, 0.15) is 52.4 Å². The van der Waals surface area contributed by atoms with Crippen molar-refractivity contribution in [1.29, 1.82) is 0 Å². The summed E-state index contributed by atoms with van der Waals surface area (Å²) in [6.07, 6.45) is 9.70. The van der Waals surface area contributed by atoms with Gasteiger partial charge in [0.2, 0.25) is 0 Å². The summed E-state index contributed by atoms with van der Waals surface area (Å²) in [6.45, 7) is 4.67. The van der Waals surface area contributed by atoms with Crippen LogP contribution in [0.4, 0.5) is 0 Å². The molecule has 0 radical (unpaired) electrons. The molecular weight excluding hydrogens is 274 g/mol. The summed E-state index contributed by atoms with van der Waals surface area (Å²) < 4.78 is 0. The van der Waals surface area contributed by atoms with Gasteiger partial charge < -0.3 is 15.9 Å². The van der Waals surface area contributed by atoms with Gasteiger partial charge in [-0.1, -0.05) is 31.6 Å². The predicted octanol–water partition coefficient (Wildman–Crippen LogP) is 2.73. The fourth-order valence-corrected chi connectivity index (χ4v) is 6.24. The lowest BCUT2D eigenvalue weighted by Gasteiger charge is -2.58. The summed E-state index contributed by atoms with van der Waals surface area (Å²) in [5.74, 6) is 1.33. The molecule has 4 N–H and O–H groups in total. The van der Waals surface area contributed by atoms with Crippen molar-refractivity contribution >= 4 is 0 Å². The van der Waals surface area contributed by atoms with Crippen molar-refractivity contribution in [2.75, 3.05) is 0 Å². The van der Waals surface area contributed by atoms with Crippen LogP contribution in [0.5, 0.6) is 0 Å². The van der Waals surface area contributed by atoms with E-state index in [1.54, 1.807) is 0 Å². The first-order chi connectivity index (χ1) is 10.4. The molecule has 3 heteroatoms. The third kappa shape index (κ3) is 1.75. The molecule has 0 aromatic rings. The van der Waals surface area contributed by atoms with Crippen LogP contribution in [0.3, 0.4) is 0 Å². The van der Waals surface area contributed by atoms with E-state index in [1.807, 2.05) is 0 Å². The van der Waals surface area contributed by atoms with Crippen LogP contribution in [0.2, 0.25) is 0 Å². The highest BCUT2D eigenvalue weighted by molar-refractivity contribution is 5.30. The van der Waals surface area contributed by atoms with Crippen LogP contribution in [-0.2, 0) is 0 Å². The summed E-state index contributed by atoms with van der Waals surface area (Å²) in [6, 6.07) is 0. The number of allylic oxidation sites excluding steroid dienone is 2. The first-order valence-corrected chi connectivity index (χ1v) is 8.90. The summed E-state index contributed by atoms with van der Waals surface area (Å²) in [7, 11) is 0. The topological polar surface area (TPSA) is 66.5 Å². The smallest absolute Gasteiger partial charge is 0.0757 e. The molecule has 2 saturated carbocycles. The molecule has 0 unspecified atom stereocenters. The molecule has 4 aliphatic rings. The maximum atomic E-state index is 10.9. The number of nitrogens with two attached hydrogens (primary N) is 1. The maximum Gasteiger partial charge on any atom is 0.0757 e. The first-order valence-electron chi connectivity index (χ1n) is 8.90. The van der Waals surface area contributed by atoms with Crippen LogP contribution in [-0.4, -0.2) is 22.4 Å². The van der Waals surface area contributed by atoms with E-state index >= 15 is 0 Å². The third-order valence-corrected chi connectivity index (χ3v) is 7.74. The minimum Gasteiger partial charge on any atom is -0.402 e. The normalized spacial score (nSPS) is 53.9. The number of aliphatic hydroxyl groups is 2. The average molecular weight is 303 g/mol. The van der Waals surface area contributed by atoms with E-state index in [2.05, 4.69) is 26.0 Å². The van der Waals surface area contributed by atoms with Gasteiger partial charge in [0.15, 0.2) is 0 Å². The van der Waals surface area contributed by atoms with E-state index in [0.717, 1.165) is 44.2 Å². The Morgan fingerprint density at radius 3 is 2.59 bits per heavy atom. The van der Waals surface area contributed by atoms with Gasteiger partial charge in [0, 0.05) is 11.1 Å². The van der Waals surface area contributed by atoms with Gasteiger partial charge in [-0.05, 0) is 61.7 Å². The van der Waals surface area contributed by atoms with Gasteiger partial charge in [-0.3, -0.25) is 0 Å². The third-order valence-electron chi connectivity index (χ3n) is 7.74. The molecule has 22 heavy (non-hydrogen) atoms. The highest BCUT2D eigenvalue weighted by Crippen LogP contribution is 2.64. The quantitative estimate of drug-likeness (QED) is 0.603. The van der Waals surface area contributed by atoms with Gasteiger partial charge >= 0.3 is 0 Å². The molecule has 2 fully saturated rings. The molecule has 0 aliphatic heterocycles. The number of rotatable bonds is 0. The Bertz CT molecular complexity index is 554. The van der Waals surface area contributed by atoms with Crippen molar-refractivity contribution in [3.63, 3.8) is 0 Å². The second-order valence-electron chi connectivity index (χ2n) is 8.64. The average Bonchev–Trinajstić information content (AvgIpc) is 2.77. The molecule has 0 aromatic heterocycles. The molecule has 122 valence electrons. The largest absolute Gasteiger partial charge is 0.402 e. The van der Waals surface area contributed by atoms with Gasteiger partial charge in [-0.25, -0.2) is 0 Å². The fourth-order valence-electron chi connectivity index (χ4n) is 6.24. The van der Waals surface area contributed by atoms with Crippen LogP contribution in [0.15, 0.2) is 23.4 Å². The zero-order valence-corrected chi connectivity index (χ0v) is 13.8. The highest BCUT2D eigenvalue weighted by atomic mass is 16.3. The van der Waals surface area contributed by atoms with E-state index in [1.165, 1.54) is 5.57 Å². The molecule has 0 aromatic carbocycles. The molecule has 0 saturated heterocycles. The Labute approximate surface area is 133 Å². The second kappa shape index (κ2) is 4.61. The fraction of sp³-hybridized carbons (Fsp3) is 0.789. The number of hydrogen-bond donors (Lipinski definition) is 3. The molecular formula is C19H29NO2. The molecule has 0 amide bonds. The van der Waals surface area contributed by atoms with Crippen LogP contribution in [0.25, 0.3) is 0 Å². The zero-order valence-electron chi connectivity index (χ0n) is 13.8. The minimum absolute atomic E-state index is 0.0814. The number of hydrogen-bond acceptors (Lipinski definition) is 3. The van der Waals surface area contributed by atoms with Crippen molar-refractivity contribution < 1.29 is 10.2 Å². The van der Waals surface area contributed by atoms with Gasteiger partial charge in [0.25, 0.3) is 0 Å². The Kier molecular flexibility index (Phi) is 3.09.